The van der Waals surface area contributed by atoms with Crippen LogP contribution in [-0.4, -0.2) is 21.0 Å². The van der Waals surface area contributed by atoms with Crippen molar-refractivity contribution in [1.29, 1.82) is 0 Å². The van der Waals surface area contributed by atoms with Gasteiger partial charge in [0.05, 0.1) is 12.1 Å². The average molecular weight is 586 g/mol. The van der Waals surface area contributed by atoms with Gasteiger partial charge < -0.3 is 19.5 Å². The summed E-state index contributed by atoms with van der Waals surface area (Å²) in [4.78, 5) is 15.6. The van der Waals surface area contributed by atoms with Crippen molar-refractivity contribution < 1.29 is 32.6 Å². The van der Waals surface area contributed by atoms with Crippen molar-refractivity contribution in [3.05, 3.63) is 143 Å². The second-order valence-electron chi connectivity index (χ2n) is 10.7. The summed E-state index contributed by atoms with van der Waals surface area (Å²) in [6.07, 6.45) is -4.63. The predicted octanol–water partition coefficient (Wildman–Crippen LogP) is 8.55. The van der Waals surface area contributed by atoms with Crippen LogP contribution in [0.2, 0.25) is 0 Å². The number of carbonyl (C=O) groups excluding carboxylic acids is 1. The van der Waals surface area contributed by atoms with Gasteiger partial charge >= 0.3 is 6.18 Å². The van der Waals surface area contributed by atoms with E-state index in [2.05, 4.69) is 6.58 Å². The second kappa shape index (κ2) is 11.5. The molecule has 0 radical (unpaired) electrons. The molecule has 0 aliphatic carbocycles. The molecule has 1 aromatic heterocycles. The van der Waals surface area contributed by atoms with E-state index < -0.39 is 17.5 Å². The van der Waals surface area contributed by atoms with Crippen molar-refractivity contribution in [1.82, 2.24) is 4.90 Å². The molecule has 5 aromatic rings. The minimum atomic E-state index is -4.63. The molecule has 5 rings (SSSR count). The third-order valence-electron chi connectivity index (χ3n) is 7.57. The number of carbonyl (C=O) groups is 1. The smallest absolute Gasteiger partial charge is 0.449 e. The van der Waals surface area contributed by atoms with Crippen LogP contribution in [-0.2, 0) is 24.9 Å². The molecule has 5 nitrogen and oxygen atoms in total. The van der Waals surface area contributed by atoms with Crippen LogP contribution in [0.1, 0.15) is 45.5 Å². The van der Waals surface area contributed by atoms with Gasteiger partial charge in [-0.3, -0.25) is 4.79 Å². The molecule has 0 unspecified atom stereocenters. The molecule has 2 N–H and O–H groups in total. The number of hydrogen-bond donors (Lipinski definition) is 2. The highest BCUT2D eigenvalue weighted by atomic mass is 19.4. The van der Waals surface area contributed by atoms with Crippen molar-refractivity contribution in [2.24, 2.45) is 0 Å². The first-order valence-corrected chi connectivity index (χ1v) is 13.6. The molecule has 1 amide bonds. The summed E-state index contributed by atoms with van der Waals surface area (Å²) in [5.74, 6) is -1.80. The van der Waals surface area contributed by atoms with E-state index in [1.165, 1.54) is 17.9 Å². The molecule has 0 bridgehead atoms. The Bertz CT molecular complexity index is 1800. The van der Waals surface area contributed by atoms with Crippen LogP contribution >= 0.6 is 0 Å². The van der Waals surface area contributed by atoms with Gasteiger partial charge in [0.1, 0.15) is 17.1 Å². The standard InChI is InChI=1S/C35H30F3NO4/c1-22-11-14-26-7-4-5-10-30(26)32(22)33(41)39(21-29-17-18-31(43-29)35(36,37)38)20-24-12-15-25(16-13-24)27-8-6-9-28(19-27)34(3,42)23(2)40/h4-19,40,42H,2,20-21H2,1,3H3/t34-/m1/s1. The molecular formula is C35H30F3NO4. The summed E-state index contributed by atoms with van der Waals surface area (Å²) >= 11 is 0. The first-order valence-electron chi connectivity index (χ1n) is 13.6. The fraction of sp³-hybridized carbons (Fsp3) is 0.171. The minimum Gasteiger partial charge on any atom is -0.510 e. The van der Waals surface area contributed by atoms with E-state index in [1.807, 2.05) is 73.7 Å². The summed E-state index contributed by atoms with van der Waals surface area (Å²) in [5.41, 5.74) is 2.46. The summed E-state index contributed by atoms with van der Waals surface area (Å²) in [7, 11) is 0. The highest BCUT2D eigenvalue weighted by Crippen LogP contribution is 2.33. The number of halogens is 3. The molecule has 8 heteroatoms. The minimum absolute atomic E-state index is 0.0181. The quantitative estimate of drug-likeness (QED) is 0.179. The van der Waals surface area contributed by atoms with Crippen molar-refractivity contribution >= 4 is 16.7 Å². The van der Waals surface area contributed by atoms with Gasteiger partial charge in [-0.05, 0) is 70.6 Å². The fourth-order valence-electron chi connectivity index (χ4n) is 5.02. The Morgan fingerprint density at radius 1 is 0.884 bits per heavy atom. The summed E-state index contributed by atoms with van der Waals surface area (Å²) in [5, 5.41) is 22.1. The van der Waals surface area contributed by atoms with Gasteiger partial charge in [0.25, 0.3) is 5.91 Å². The lowest BCUT2D eigenvalue weighted by Gasteiger charge is -2.24. The number of furan rings is 1. The third-order valence-corrected chi connectivity index (χ3v) is 7.57. The van der Waals surface area contributed by atoms with E-state index in [-0.39, 0.29) is 30.5 Å². The number of nitrogens with zero attached hydrogens (tertiary/aromatic N) is 1. The summed E-state index contributed by atoms with van der Waals surface area (Å²) in [6.45, 7) is 6.69. The van der Waals surface area contributed by atoms with Crippen molar-refractivity contribution in [2.75, 3.05) is 0 Å². The Balaban J connectivity index is 1.48. The molecule has 1 atom stereocenters. The maximum absolute atomic E-state index is 14.1. The number of fused-ring (bicyclic) bond motifs is 1. The number of aryl methyl sites for hydroxylation is 1. The van der Waals surface area contributed by atoms with Crippen LogP contribution < -0.4 is 0 Å². The zero-order chi connectivity index (χ0) is 30.9. The van der Waals surface area contributed by atoms with Crippen molar-refractivity contribution in [2.45, 2.75) is 38.7 Å². The van der Waals surface area contributed by atoms with Crippen LogP contribution in [0.15, 0.2) is 114 Å². The number of aliphatic hydroxyl groups excluding tert-OH is 1. The highest BCUT2D eigenvalue weighted by molar-refractivity contribution is 6.08. The Labute approximate surface area is 247 Å². The van der Waals surface area contributed by atoms with E-state index in [1.54, 1.807) is 18.2 Å². The Morgan fingerprint density at radius 3 is 2.28 bits per heavy atom. The molecule has 4 aromatic carbocycles. The number of alkyl halides is 3. The van der Waals surface area contributed by atoms with Crippen LogP contribution in [0.3, 0.4) is 0 Å². The topological polar surface area (TPSA) is 73.9 Å². The summed E-state index contributed by atoms with van der Waals surface area (Å²) < 4.78 is 44.8. The normalized spacial score (nSPS) is 13.1. The maximum Gasteiger partial charge on any atom is 0.449 e. The Hall–Kier alpha value is -4.82. The number of amides is 1. The number of hydrogen-bond acceptors (Lipinski definition) is 4. The fourth-order valence-corrected chi connectivity index (χ4v) is 5.02. The zero-order valence-electron chi connectivity index (χ0n) is 23.7. The maximum atomic E-state index is 14.1. The van der Waals surface area contributed by atoms with Gasteiger partial charge in [-0.15, -0.1) is 0 Å². The van der Waals surface area contributed by atoms with Gasteiger partial charge in [0.15, 0.2) is 0 Å². The largest absolute Gasteiger partial charge is 0.510 e. The third kappa shape index (κ3) is 6.20. The van der Waals surface area contributed by atoms with Gasteiger partial charge in [-0.25, -0.2) is 0 Å². The van der Waals surface area contributed by atoms with E-state index in [9.17, 15) is 28.2 Å². The van der Waals surface area contributed by atoms with Crippen molar-refractivity contribution in [3.8, 4) is 11.1 Å². The molecule has 0 spiro atoms. The molecule has 0 saturated carbocycles. The number of benzene rings is 4. The van der Waals surface area contributed by atoms with E-state index in [0.717, 1.165) is 39.1 Å². The Kier molecular flexibility index (Phi) is 7.90. The average Bonchev–Trinajstić information content (AvgIpc) is 3.46. The predicted molar refractivity (Wildman–Crippen MR) is 159 cm³/mol. The lowest BCUT2D eigenvalue weighted by molar-refractivity contribution is -0.153. The molecule has 0 saturated heterocycles. The molecule has 43 heavy (non-hydrogen) atoms. The number of rotatable bonds is 8. The van der Waals surface area contributed by atoms with Crippen LogP contribution in [0, 0.1) is 6.92 Å². The lowest BCUT2D eigenvalue weighted by atomic mass is 9.91. The lowest BCUT2D eigenvalue weighted by Crippen LogP contribution is -2.30. The number of aliphatic hydroxyl groups is 2. The van der Waals surface area contributed by atoms with Gasteiger partial charge in [0.2, 0.25) is 5.76 Å². The van der Waals surface area contributed by atoms with Crippen LogP contribution in [0.25, 0.3) is 21.9 Å². The van der Waals surface area contributed by atoms with Gasteiger partial charge in [0, 0.05) is 6.54 Å². The van der Waals surface area contributed by atoms with Gasteiger partial charge in [-0.1, -0.05) is 85.4 Å². The molecule has 0 aliphatic rings. The Morgan fingerprint density at radius 2 is 1.60 bits per heavy atom. The molecule has 0 aliphatic heterocycles. The molecular weight excluding hydrogens is 555 g/mol. The first kappa shape index (κ1) is 29.7. The second-order valence-corrected chi connectivity index (χ2v) is 10.7. The highest BCUT2D eigenvalue weighted by Gasteiger charge is 2.35. The van der Waals surface area contributed by atoms with E-state index >= 15 is 0 Å². The van der Waals surface area contributed by atoms with Gasteiger partial charge in [-0.2, -0.15) is 13.2 Å². The molecule has 220 valence electrons. The van der Waals surface area contributed by atoms with Crippen LogP contribution in [0.5, 0.6) is 0 Å². The van der Waals surface area contributed by atoms with Crippen molar-refractivity contribution in [3.63, 3.8) is 0 Å². The van der Waals surface area contributed by atoms with E-state index in [0.29, 0.717) is 11.1 Å². The monoisotopic (exact) mass is 585 g/mol. The zero-order valence-corrected chi connectivity index (χ0v) is 23.7. The first-order chi connectivity index (χ1) is 20.3. The SMILES string of the molecule is C=C(O)[C@@](C)(O)c1cccc(-c2ccc(CN(Cc3ccc(C(F)(F)F)o3)C(=O)c3c(C)ccc4ccccc34)cc2)c1. The molecule has 0 fully saturated rings. The van der Waals surface area contributed by atoms with Crippen LogP contribution in [0.4, 0.5) is 13.2 Å². The molecule has 1 heterocycles. The summed E-state index contributed by atoms with van der Waals surface area (Å²) in [6, 6.07) is 27.8. The van der Waals surface area contributed by atoms with E-state index in [4.69, 9.17) is 4.42 Å².